The summed E-state index contributed by atoms with van der Waals surface area (Å²) in [6.45, 7) is 0. The molecule has 1 spiro atoms. The van der Waals surface area contributed by atoms with E-state index in [1.807, 2.05) is 0 Å². The summed E-state index contributed by atoms with van der Waals surface area (Å²) in [6, 6.07) is 0. The van der Waals surface area contributed by atoms with Crippen LogP contribution in [0.2, 0.25) is 0 Å². The van der Waals surface area contributed by atoms with Crippen LogP contribution in [0.25, 0.3) is 0 Å². The first-order chi connectivity index (χ1) is 4.91. The number of thioether (sulfide) groups is 1. The molecule has 0 unspecified atom stereocenters. The summed E-state index contributed by atoms with van der Waals surface area (Å²) in [7, 11) is 0. The molecule has 10 heavy (non-hydrogen) atoms. The van der Waals surface area contributed by atoms with Gasteiger partial charge in [0.2, 0.25) is 0 Å². The average Bonchev–Trinajstić information content (AvgIpc) is 2.08. The minimum absolute atomic E-state index is 0.848. The van der Waals surface area contributed by atoms with Crippen molar-refractivity contribution >= 4 is 11.8 Å². The summed E-state index contributed by atoms with van der Waals surface area (Å²) in [5.74, 6) is 2.91. The van der Waals surface area contributed by atoms with Gasteiger partial charge in [-0.2, -0.15) is 11.8 Å². The van der Waals surface area contributed by atoms with Crippen molar-refractivity contribution in [3.63, 3.8) is 0 Å². The van der Waals surface area contributed by atoms with Gasteiger partial charge < -0.3 is 0 Å². The van der Waals surface area contributed by atoms with Crippen LogP contribution in [0, 0.1) is 5.41 Å². The van der Waals surface area contributed by atoms with Crippen LogP contribution in [0.3, 0.4) is 0 Å². The zero-order valence-electron chi connectivity index (χ0n) is 6.57. The van der Waals surface area contributed by atoms with Gasteiger partial charge in [-0.3, -0.25) is 0 Å². The van der Waals surface area contributed by atoms with Crippen LogP contribution in [-0.4, -0.2) is 11.5 Å². The van der Waals surface area contributed by atoms with Gasteiger partial charge in [-0.15, -0.1) is 0 Å². The Morgan fingerprint density at radius 3 is 2.40 bits per heavy atom. The molecule has 0 amide bonds. The molecular weight excluding hydrogens is 140 g/mol. The molecule has 0 radical (unpaired) electrons. The number of hydrogen-bond donors (Lipinski definition) is 0. The van der Waals surface area contributed by atoms with Crippen molar-refractivity contribution in [2.24, 2.45) is 5.41 Å². The van der Waals surface area contributed by atoms with Crippen LogP contribution in [0.1, 0.15) is 38.5 Å². The Labute approximate surface area is 67.8 Å². The minimum atomic E-state index is 0.848. The predicted octanol–water partition coefficient (Wildman–Crippen LogP) is 3.07. The summed E-state index contributed by atoms with van der Waals surface area (Å²) >= 11 is 2.20. The lowest BCUT2D eigenvalue weighted by Crippen LogP contribution is -2.31. The molecule has 0 nitrogen and oxygen atoms in total. The molecule has 0 aromatic carbocycles. The van der Waals surface area contributed by atoms with Crippen LogP contribution < -0.4 is 0 Å². The second kappa shape index (κ2) is 2.77. The Hall–Kier alpha value is 0.350. The molecular formula is C9H16S. The molecule has 1 aliphatic heterocycles. The van der Waals surface area contributed by atoms with Gasteiger partial charge in [-0.25, -0.2) is 0 Å². The molecule has 0 bridgehead atoms. The zero-order chi connectivity index (χ0) is 6.86. The van der Waals surface area contributed by atoms with Crippen LogP contribution >= 0.6 is 11.8 Å². The summed E-state index contributed by atoms with van der Waals surface area (Å²) < 4.78 is 0. The van der Waals surface area contributed by atoms with Crippen LogP contribution in [-0.2, 0) is 0 Å². The third-order valence-corrected chi connectivity index (χ3v) is 4.46. The largest absolute Gasteiger partial charge is 0.161 e. The molecule has 2 rings (SSSR count). The van der Waals surface area contributed by atoms with E-state index in [-0.39, 0.29) is 0 Å². The normalized spacial score (nSPS) is 31.2. The van der Waals surface area contributed by atoms with Crippen LogP contribution in [0.4, 0.5) is 0 Å². The SMILES string of the molecule is C1CCC2(CCC2)CSC1. The van der Waals surface area contributed by atoms with E-state index in [9.17, 15) is 0 Å². The molecule has 1 heteroatoms. The second-order valence-electron chi connectivity index (χ2n) is 3.86. The van der Waals surface area contributed by atoms with E-state index in [0.29, 0.717) is 0 Å². The van der Waals surface area contributed by atoms with E-state index in [4.69, 9.17) is 0 Å². The predicted molar refractivity (Wildman–Crippen MR) is 47.5 cm³/mol. The highest BCUT2D eigenvalue weighted by molar-refractivity contribution is 7.99. The maximum atomic E-state index is 2.20. The van der Waals surface area contributed by atoms with Gasteiger partial charge in [0.25, 0.3) is 0 Å². The lowest BCUT2D eigenvalue weighted by molar-refractivity contribution is 0.151. The molecule has 2 fully saturated rings. The van der Waals surface area contributed by atoms with Gasteiger partial charge in [0.15, 0.2) is 0 Å². The fourth-order valence-electron chi connectivity index (χ4n) is 2.14. The van der Waals surface area contributed by atoms with E-state index in [1.54, 1.807) is 19.3 Å². The standard InChI is InChI=1S/C9H16S/c1-2-7-10-8-9(4-1)5-3-6-9/h1-8H2. The van der Waals surface area contributed by atoms with E-state index in [0.717, 1.165) is 5.41 Å². The lowest BCUT2D eigenvalue weighted by atomic mass is 9.67. The Kier molecular flexibility index (Phi) is 1.94. The Morgan fingerprint density at radius 2 is 1.70 bits per heavy atom. The van der Waals surface area contributed by atoms with Gasteiger partial charge in [0.1, 0.15) is 0 Å². The molecule has 1 saturated heterocycles. The fourth-order valence-corrected chi connectivity index (χ4v) is 3.55. The zero-order valence-corrected chi connectivity index (χ0v) is 7.38. The van der Waals surface area contributed by atoms with Crippen molar-refractivity contribution in [2.45, 2.75) is 38.5 Å². The highest BCUT2D eigenvalue weighted by Crippen LogP contribution is 2.48. The quantitative estimate of drug-likeness (QED) is 0.519. The first-order valence-corrected chi connectivity index (χ1v) is 5.65. The summed E-state index contributed by atoms with van der Waals surface area (Å²) in [6.07, 6.45) is 9.12. The highest BCUT2D eigenvalue weighted by atomic mass is 32.2. The first-order valence-electron chi connectivity index (χ1n) is 4.49. The van der Waals surface area contributed by atoms with Gasteiger partial charge in [0, 0.05) is 0 Å². The molecule has 1 heterocycles. The van der Waals surface area contributed by atoms with Crippen LogP contribution in [0.5, 0.6) is 0 Å². The molecule has 0 aromatic rings. The van der Waals surface area contributed by atoms with Gasteiger partial charge in [-0.05, 0) is 42.6 Å². The van der Waals surface area contributed by atoms with Crippen molar-refractivity contribution in [2.75, 3.05) is 11.5 Å². The van der Waals surface area contributed by atoms with Crippen molar-refractivity contribution in [3.8, 4) is 0 Å². The number of rotatable bonds is 0. The van der Waals surface area contributed by atoms with Gasteiger partial charge in [0.05, 0.1) is 0 Å². The third kappa shape index (κ3) is 1.20. The van der Waals surface area contributed by atoms with Crippen molar-refractivity contribution in [3.05, 3.63) is 0 Å². The van der Waals surface area contributed by atoms with Gasteiger partial charge in [-0.1, -0.05) is 12.8 Å². The fraction of sp³-hybridized carbons (Fsp3) is 1.00. The van der Waals surface area contributed by atoms with E-state index < -0.39 is 0 Å². The van der Waals surface area contributed by atoms with E-state index in [1.165, 1.54) is 30.8 Å². The maximum Gasteiger partial charge on any atom is -0.00108 e. The Morgan fingerprint density at radius 1 is 0.900 bits per heavy atom. The molecule has 58 valence electrons. The topological polar surface area (TPSA) is 0 Å². The maximum absolute atomic E-state index is 2.20. The average molecular weight is 156 g/mol. The first kappa shape index (κ1) is 7.02. The van der Waals surface area contributed by atoms with Crippen molar-refractivity contribution < 1.29 is 0 Å². The Bertz CT molecular complexity index is 106. The monoisotopic (exact) mass is 156 g/mol. The third-order valence-electron chi connectivity index (χ3n) is 3.07. The van der Waals surface area contributed by atoms with Crippen molar-refractivity contribution in [1.82, 2.24) is 0 Å². The van der Waals surface area contributed by atoms with Crippen molar-refractivity contribution in [1.29, 1.82) is 0 Å². The van der Waals surface area contributed by atoms with E-state index >= 15 is 0 Å². The summed E-state index contributed by atoms with van der Waals surface area (Å²) in [5.41, 5.74) is 0.848. The molecule has 2 aliphatic rings. The molecule has 1 saturated carbocycles. The lowest BCUT2D eigenvalue weighted by Gasteiger charge is -2.41. The summed E-state index contributed by atoms with van der Waals surface area (Å²) in [4.78, 5) is 0. The number of hydrogen-bond acceptors (Lipinski definition) is 1. The van der Waals surface area contributed by atoms with Crippen LogP contribution in [0.15, 0.2) is 0 Å². The molecule has 1 aliphatic carbocycles. The minimum Gasteiger partial charge on any atom is -0.161 e. The Balaban J connectivity index is 1.92. The highest BCUT2D eigenvalue weighted by Gasteiger charge is 2.36. The second-order valence-corrected chi connectivity index (χ2v) is 4.97. The molecule has 0 aromatic heterocycles. The molecule has 0 atom stereocenters. The smallest absolute Gasteiger partial charge is 0.00108 e. The van der Waals surface area contributed by atoms with E-state index in [2.05, 4.69) is 11.8 Å². The van der Waals surface area contributed by atoms with Gasteiger partial charge >= 0.3 is 0 Å². The molecule has 0 N–H and O–H groups in total. The summed E-state index contributed by atoms with van der Waals surface area (Å²) in [5, 5.41) is 0.